The zero-order valence-corrected chi connectivity index (χ0v) is 10.3. The van der Waals surface area contributed by atoms with Crippen molar-refractivity contribution in [2.75, 3.05) is 6.54 Å². The maximum absolute atomic E-state index is 12.0. The minimum absolute atomic E-state index is 0.0885. The summed E-state index contributed by atoms with van der Waals surface area (Å²) in [7, 11) is 0. The summed E-state index contributed by atoms with van der Waals surface area (Å²) >= 11 is 3.47. The first kappa shape index (κ1) is 10.5. The van der Waals surface area contributed by atoms with Gasteiger partial charge < -0.3 is 4.90 Å². The molecule has 2 fully saturated rings. The summed E-state index contributed by atoms with van der Waals surface area (Å²) in [6, 6.07) is 0. The third kappa shape index (κ3) is 1.71. The maximum atomic E-state index is 12.0. The number of hydrogen-bond acceptors (Lipinski definition) is 1. The Morgan fingerprint density at radius 1 is 1.57 bits per heavy atom. The van der Waals surface area contributed by atoms with Crippen LogP contribution in [0.4, 0.5) is 0 Å². The number of carbonyl (C=O) groups excluding carboxylic acids is 1. The van der Waals surface area contributed by atoms with E-state index in [2.05, 4.69) is 27.8 Å². The van der Waals surface area contributed by atoms with Gasteiger partial charge in [0.05, 0.1) is 4.83 Å². The van der Waals surface area contributed by atoms with E-state index in [4.69, 9.17) is 0 Å². The van der Waals surface area contributed by atoms with Gasteiger partial charge in [0.1, 0.15) is 0 Å². The topological polar surface area (TPSA) is 20.3 Å². The Bertz CT molecular complexity index is 237. The lowest BCUT2D eigenvalue weighted by Crippen LogP contribution is -2.49. The number of hydrogen-bond donors (Lipinski definition) is 0. The molecule has 3 heteroatoms. The van der Waals surface area contributed by atoms with Gasteiger partial charge in [0.25, 0.3) is 0 Å². The van der Waals surface area contributed by atoms with Crippen LogP contribution in [0.1, 0.15) is 45.4 Å². The van der Waals surface area contributed by atoms with Crippen LogP contribution >= 0.6 is 15.9 Å². The Kier molecular flexibility index (Phi) is 2.87. The minimum Gasteiger partial charge on any atom is -0.336 e. The van der Waals surface area contributed by atoms with Crippen molar-refractivity contribution in [3.8, 4) is 0 Å². The monoisotopic (exact) mass is 259 g/mol. The van der Waals surface area contributed by atoms with Crippen LogP contribution in [0.15, 0.2) is 0 Å². The molecule has 1 heterocycles. The Hall–Kier alpha value is -0.0500. The van der Waals surface area contributed by atoms with Crippen LogP contribution in [-0.2, 0) is 4.79 Å². The van der Waals surface area contributed by atoms with E-state index in [9.17, 15) is 4.79 Å². The van der Waals surface area contributed by atoms with Crippen molar-refractivity contribution in [3.63, 3.8) is 0 Å². The van der Waals surface area contributed by atoms with Crippen LogP contribution in [-0.4, -0.2) is 27.7 Å². The lowest BCUT2D eigenvalue weighted by atomic mass is 10.0. The summed E-state index contributed by atoms with van der Waals surface area (Å²) < 4.78 is 0. The zero-order chi connectivity index (χ0) is 10.2. The average molecular weight is 260 g/mol. The molecule has 1 amide bonds. The molecule has 1 saturated carbocycles. The summed E-state index contributed by atoms with van der Waals surface area (Å²) in [4.78, 5) is 14.2. The molecule has 14 heavy (non-hydrogen) atoms. The fourth-order valence-electron chi connectivity index (χ4n) is 2.57. The van der Waals surface area contributed by atoms with E-state index >= 15 is 0 Å². The van der Waals surface area contributed by atoms with Gasteiger partial charge in [0.15, 0.2) is 0 Å². The smallest absolute Gasteiger partial charge is 0.236 e. The van der Waals surface area contributed by atoms with Gasteiger partial charge in [-0.2, -0.15) is 0 Å². The highest BCUT2D eigenvalue weighted by molar-refractivity contribution is 9.10. The summed E-state index contributed by atoms with van der Waals surface area (Å²) in [5, 5.41) is 0. The van der Waals surface area contributed by atoms with Crippen molar-refractivity contribution >= 4 is 21.8 Å². The Morgan fingerprint density at radius 3 is 2.86 bits per heavy atom. The van der Waals surface area contributed by atoms with Gasteiger partial charge in [0, 0.05) is 12.1 Å². The molecule has 1 unspecified atom stereocenters. The number of carbonyl (C=O) groups is 1. The van der Waals surface area contributed by atoms with Crippen LogP contribution in [0, 0.1) is 0 Å². The van der Waals surface area contributed by atoms with Crippen molar-refractivity contribution in [3.05, 3.63) is 0 Å². The largest absolute Gasteiger partial charge is 0.336 e. The number of amides is 1. The molecule has 0 bridgehead atoms. The van der Waals surface area contributed by atoms with E-state index in [1.54, 1.807) is 0 Å². The Morgan fingerprint density at radius 2 is 2.29 bits per heavy atom. The van der Waals surface area contributed by atoms with Crippen molar-refractivity contribution < 1.29 is 4.79 Å². The molecule has 80 valence electrons. The van der Waals surface area contributed by atoms with Crippen molar-refractivity contribution in [2.45, 2.75) is 55.8 Å². The fraction of sp³-hybridized carbons (Fsp3) is 0.909. The van der Waals surface area contributed by atoms with Crippen molar-refractivity contribution in [1.29, 1.82) is 0 Å². The third-order valence-corrected chi connectivity index (χ3v) is 4.34. The first-order valence-electron chi connectivity index (χ1n) is 5.65. The van der Waals surface area contributed by atoms with Crippen molar-refractivity contribution in [1.82, 2.24) is 4.90 Å². The van der Waals surface area contributed by atoms with E-state index in [1.807, 2.05) is 0 Å². The molecule has 1 saturated heterocycles. The Balaban J connectivity index is 2.05. The van der Waals surface area contributed by atoms with E-state index in [0.29, 0.717) is 5.91 Å². The molecule has 0 aromatic rings. The fourth-order valence-corrected chi connectivity index (χ4v) is 3.14. The quantitative estimate of drug-likeness (QED) is 0.714. The predicted octanol–water partition coefficient (Wildman–Crippen LogP) is 2.71. The molecule has 0 aromatic heterocycles. The first-order chi connectivity index (χ1) is 6.69. The average Bonchev–Trinajstić information content (AvgIpc) is 2.91. The third-order valence-electron chi connectivity index (χ3n) is 3.49. The van der Waals surface area contributed by atoms with E-state index < -0.39 is 0 Å². The van der Waals surface area contributed by atoms with E-state index in [0.717, 1.165) is 19.4 Å². The number of rotatable bonds is 3. The summed E-state index contributed by atoms with van der Waals surface area (Å²) in [5.41, 5.74) is 0.276. The highest BCUT2D eigenvalue weighted by atomic mass is 79.9. The van der Waals surface area contributed by atoms with Gasteiger partial charge >= 0.3 is 0 Å². The zero-order valence-electron chi connectivity index (χ0n) is 8.76. The molecule has 0 N–H and O–H groups in total. The SMILES string of the molecule is CCCC1(N2CCCC(Br)C2=O)CC1. The Labute approximate surface area is 94.2 Å². The first-order valence-corrected chi connectivity index (χ1v) is 6.57. The van der Waals surface area contributed by atoms with Crippen LogP contribution in [0.5, 0.6) is 0 Å². The second-order valence-corrected chi connectivity index (χ2v) is 5.68. The lowest BCUT2D eigenvalue weighted by molar-refractivity contribution is -0.136. The minimum atomic E-state index is 0.0885. The highest BCUT2D eigenvalue weighted by Crippen LogP contribution is 2.47. The van der Waals surface area contributed by atoms with Gasteiger partial charge in [-0.3, -0.25) is 4.79 Å². The number of piperidine rings is 1. The van der Waals surface area contributed by atoms with Crippen LogP contribution < -0.4 is 0 Å². The second-order valence-electron chi connectivity index (χ2n) is 4.57. The van der Waals surface area contributed by atoms with Gasteiger partial charge in [-0.15, -0.1) is 0 Å². The van der Waals surface area contributed by atoms with Gasteiger partial charge in [-0.25, -0.2) is 0 Å². The van der Waals surface area contributed by atoms with Crippen LogP contribution in [0.2, 0.25) is 0 Å². The molecular formula is C11H18BrNO. The molecule has 1 aliphatic heterocycles. The van der Waals surface area contributed by atoms with Crippen LogP contribution in [0.3, 0.4) is 0 Å². The predicted molar refractivity (Wildman–Crippen MR) is 60.5 cm³/mol. The maximum Gasteiger partial charge on any atom is 0.236 e. The second kappa shape index (κ2) is 3.84. The molecule has 2 nitrogen and oxygen atoms in total. The van der Waals surface area contributed by atoms with E-state index in [1.165, 1.54) is 25.7 Å². The molecule has 2 rings (SSSR count). The summed E-state index contributed by atoms with van der Waals surface area (Å²) in [6.07, 6.45) is 7.01. The molecule has 0 aromatic carbocycles. The van der Waals surface area contributed by atoms with Gasteiger partial charge in [-0.05, 0) is 32.1 Å². The summed E-state index contributed by atoms with van der Waals surface area (Å²) in [6.45, 7) is 3.20. The summed E-state index contributed by atoms with van der Waals surface area (Å²) in [5.74, 6) is 0.335. The van der Waals surface area contributed by atoms with Gasteiger partial charge in [-0.1, -0.05) is 29.3 Å². The number of likely N-dealkylation sites (tertiary alicyclic amines) is 1. The highest BCUT2D eigenvalue weighted by Gasteiger charge is 2.50. The standard InChI is InChI=1S/C11H18BrNO/c1-2-5-11(6-7-11)13-8-3-4-9(12)10(13)14/h9H,2-8H2,1H3. The van der Waals surface area contributed by atoms with Crippen LogP contribution in [0.25, 0.3) is 0 Å². The normalized spacial score (nSPS) is 30.6. The molecule has 0 spiro atoms. The number of nitrogens with zero attached hydrogens (tertiary/aromatic N) is 1. The molecular weight excluding hydrogens is 242 g/mol. The molecule has 2 aliphatic rings. The van der Waals surface area contributed by atoms with E-state index in [-0.39, 0.29) is 10.4 Å². The number of halogens is 1. The lowest BCUT2D eigenvalue weighted by Gasteiger charge is -2.37. The van der Waals surface area contributed by atoms with Crippen molar-refractivity contribution in [2.24, 2.45) is 0 Å². The number of alkyl halides is 1. The van der Waals surface area contributed by atoms with Gasteiger partial charge in [0.2, 0.25) is 5.91 Å². The molecule has 1 aliphatic carbocycles. The molecule has 0 radical (unpaired) electrons. The molecule has 1 atom stereocenters.